The van der Waals surface area contributed by atoms with Gasteiger partial charge in [0, 0.05) is 11.8 Å². The lowest BCUT2D eigenvalue weighted by Crippen LogP contribution is -2.21. The van der Waals surface area contributed by atoms with Gasteiger partial charge in [-0.3, -0.25) is 9.59 Å². The maximum Gasteiger partial charge on any atom is 0.310 e. The molecule has 0 spiro atoms. The topological polar surface area (TPSA) is 55.4 Å². The molecule has 0 aliphatic rings. The molecule has 4 nitrogen and oxygen atoms in total. The summed E-state index contributed by atoms with van der Waals surface area (Å²) in [6, 6.07) is 16.3. The SMILES string of the molecule is O=C(COC(=O)Cc1ccc2ccccc2c1)Nc1ccc(F)c(F)c1. The lowest BCUT2D eigenvalue weighted by molar-refractivity contribution is -0.146. The van der Waals surface area contributed by atoms with Crippen molar-refractivity contribution in [1.29, 1.82) is 0 Å². The van der Waals surface area contributed by atoms with Gasteiger partial charge in [-0.15, -0.1) is 0 Å². The predicted molar refractivity (Wildman–Crippen MR) is 93.6 cm³/mol. The highest BCUT2D eigenvalue weighted by molar-refractivity contribution is 5.93. The smallest absolute Gasteiger partial charge is 0.310 e. The third-order valence-electron chi connectivity index (χ3n) is 3.73. The van der Waals surface area contributed by atoms with Crippen LogP contribution in [0.15, 0.2) is 60.7 Å². The average molecular weight is 355 g/mol. The van der Waals surface area contributed by atoms with E-state index in [1.807, 2.05) is 42.5 Å². The number of halogens is 2. The number of nitrogens with one attached hydrogen (secondary N) is 1. The molecular weight excluding hydrogens is 340 g/mol. The van der Waals surface area contributed by atoms with Crippen LogP contribution in [-0.2, 0) is 20.7 Å². The molecule has 26 heavy (non-hydrogen) atoms. The Kier molecular flexibility index (Phi) is 5.22. The molecule has 0 aliphatic carbocycles. The van der Waals surface area contributed by atoms with Crippen LogP contribution in [0.3, 0.4) is 0 Å². The van der Waals surface area contributed by atoms with E-state index in [0.29, 0.717) is 0 Å². The van der Waals surface area contributed by atoms with E-state index in [1.165, 1.54) is 6.07 Å². The number of fused-ring (bicyclic) bond motifs is 1. The zero-order chi connectivity index (χ0) is 18.5. The molecule has 0 saturated carbocycles. The Morgan fingerprint density at radius 3 is 2.42 bits per heavy atom. The molecule has 0 radical (unpaired) electrons. The number of carbonyl (C=O) groups excluding carboxylic acids is 2. The van der Waals surface area contributed by atoms with Gasteiger partial charge in [-0.2, -0.15) is 0 Å². The second kappa shape index (κ2) is 7.74. The van der Waals surface area contributed by atoms with Crippen LogP contribution < -0.4 is 5.32 Å². The van der Waals surface area contributed by atoms with Crippen molar-refractivity contribution in [3.8, 4) is 0 Å². The van der Waals surface area contributed by atoms with Gasteiger partial charge in [0.2, 0.25) is 0 Å². The number of hydrogen-bond acceptors (Lipinski definition) is 3. The molecule has 0 unspecified atom stereocenters. The van der Waals surface area contributed by atoms with Crippen LogP contribution in [0.2, 0.25) is 0 Å². The van der Waals surface area contributed by atoms with E-state index in [4.69, 9.17) is 4.74 Å². The largest absolute Gasteiger partial charge is 0.455 e. The molecule has 0 aromatic heterocycles. The first-order valence-corrected chi connectivity index (χ1v) is 7.89. The molecule has 1 amide bonds. The van der Waals surface area contributed by atoms with Gasteiger partial charge in [0.1, 0.15) is 0 Å². The average Bonchev–Trinajstić information content (AvgIpc) is 2.63. The second-order valence-corrected chi connectivity index (χ2v) is 5.70. The van der Waals surface area contributed by atoms with Gasteiger partial charge in [-0.25, -0.2) is 8.78 Å². The molecule has 0 heterocycles. The first-order chi connectivity index (χ1) is 12.5. The van der Waals surface area contributed by atoms with Crippen molar-refractivity contribution in [3.05, 3.63) is 77.9 Å². The summed E-state index contributed by atoms with van der Waals surface area (Å²) in [5, 5.41) is 4.40. The Hall–Kier alpha value is -3.28. The van der Waals surface area contributed by atoms with Crippen LogP contribution >= 0.6 is 0 Å². The normalized spacial score (nSPS) is 10.5. The lowest BCUT2D eigenvalue weighted by atomic mass is 10.1. The summed E-state index contributed by atoms with van der Waals surface area (Å²) in [5.74, 6) is -3.27. The Balaban J connectivity index is 1.52. The highest BCUT2D eigenvalue weighted by Gasteiger charge is 2.10. The van der Waals surface area contributed by atoms with E-state index >= 15 is 0 Å². The number of esters is 1. The van der Waals surface area contributed by atoms with E-state index in [0.717, 1.165) is 28.5 Å². The molecule has 0 fully saturated rings. The van der Waals surface area contributed by atoms with Crippen LogP contribution in [0, 0.1) is 11.6 Å². The molecule has 3 aromatic carbocycles. The molecule has 6 heteroatoms. The summed E-state index contributed by atoms with van der Waals surface area (Å²) in [7, 11) is 0. The van der Waals surface area contributed by atoms with Crippen LogP contribution in [0.5, 0.6) is 0 Å². The molecule has 0 atom stereocenters. The number of amides is 1. The highest BCUT2D eigenvalue weighted by atomic mass is 19.2. The lowest BCUT2D eigenvalue weighted by Gasteiger charge is -2.07. The van der Waals surface area contributed by atoms with Crippen molar-refractivity contribution in [1.82, 2.24) is 0 Å². The predicted octanol–water partition coefficient (Wildman–Crippen LogP) is 3.84. The van der Waals surface area contributed by atoms with Gasteiger partial charge in [-0.1, -0.05) is 42.5 Å². The number of benzene rings is 3. The maximum atomic E-state index is 13.1. The van der Waals surface area contributed by atoms with Crippen molar-refractivity contribution in [2.24, 2.45) is 0 Å². The summed E-state index contributed by atoms with van der Waals surface area (Å²) in [6.07, 6.45) is 0.0310. The first-order valence-electron chi connectivity index (χ1n) is 7.89. The van der Waals surface area contributed by atoms with Crippen LogP contribution in [0.25, 0.3) is 10.8 Å². The van der Waals surface area contributed by atoms with E-state index in [2.05, 4.69) is 5.32 Å². The fraction of sp³-hybridized carbons (Fsp3) is 0.100. The van der Waals surface area contributed by atoms with E-state index in [1.54, 1.807) is 0 Å². The number of rotatable bonds is 5. The third-order valence-corrected chi connectivity index (χ3v) is 3.73. The summed E-state index contributed by atoms with van der Waals surface area (Å²) >= 11 is 0. The first kappa shape index (κ1) is 17.5. The van der Waals surface area contributed by atoms with Gasteiger partial charge >= 0.3 is 5.97 Å². The Labute approximate surface area is 148 Å². The summed E-state index contributed by atoms with van der Waals surface area (Å²) in [5.41, 5.74) is 0.856. The van der Waals surface area contributed by atoms with Crippen LogP contribution in [0.4, 0.5) is 14.5 Å². The quantitative estimate of drug-likeness (QED) is 0.708. The highest BCUT2D eigenvalue weighted by Crippen LogP contribution is 2.16. The van der Waals surface area contributed by atoms with E-state index < -0.39 is 30.1 Å². The minimum Gasteiger partial charge on any atom is -0.455 e. The maximum absolute atomic E-state index is 13.1. The summed E-state index contributed by atoms with van der Waals surface area (Å²) in [6.45, 7) is -0.509. The standard InChI is InChI=1S/C20H15F2NO3/c21-17-8-7-16(11-18(17)22)23-19(24)12-26-20(25)10-13-5-6-14-3-1-2-4-15(14)9-13/h1-9,11H,10,12H2,(H,23,24). The molecule has 3 aromatic rings. The Bertz CT molecular complexity index is 972. The molecule has 132 valence electrons. The minimum atomic E-state index is -1.07. The zero-order valence-electron chi connectivity index (χ0n) is 13.7. The number of carbonyl (C=O) groups is 2. The Morgan fingerprint density at radius 2 is 1.65 bits per heavy atom. The number of anilines is 1. The van der Waals surface area contributed by atoms with E-state index in [9.17, 15) is 18.4 Å². The summed E-state index contributed by atoms with van der Waals surface area (Å²) < 4.78 is 30.9. The van der Waals surface area contributed by atoms with Gasteiger partial charge in [-0.05, 0) is 28.5 Å². The van der Waals surface area contributed by atoms with Gasteiger partial charge in [0.15, 0.2) is 18.2 Å². The molecule has 1 N–H and O–H groups in total. The van der Waals surface area contributed by atoms with Gasteiger partial charge in [0.05, 0.1) is 6.42 Å². The fourth-order valence-electron chi connectivity index (χ4n) is 2.48. The molecule has 0 aliphatic heterocycles. The molecule has 0 bridgehead atoms. The number of ether oxygens (including phenoxy) is 1. The monoisotopic (exact) mass is 355 g/mol. The number of hydrogen-bond donors (Lipinski definition) is 1. The second-order valence-electron chi connectivity index (χ2n) is 5.70. The molecular formula is C20H15F2NO3. The van der Waals surface area contributed by atoms with Crippen molar-refractivity contribution in [3.63, 3.8) is 0 Å². The van der Waals surface area contributed by atoms with Crippen molar-refractivity contribution in [2.45, 2.75) is 6.42 Å². The van der Waals surface area contributed by atoms with Crippen molar-refractivity contribution < 1.29 is 23.1 Å². The van der Waals surface area contributed by atoms with Crippen LogP contribution in [0.1, 0.15) is 5.56 Å². The van der Waals surface area contributed by atoms with Crippen molar-refractivity contribution >= 4 is 28.3 Å². The Morgan fingerprint density at radius 1 is 0.885 bits per heavy atom. The van der Waals surface area contributed by atoms with Crippen LogP contribution in [-0.4, -0.2) is 18.5 Å². The third kappa shape index (κ3) is 4.42. The molecule has 3 rings (SSSR count). The molecule has 0 saturated heterocycles. The van der Waals surface area contributed by atoms with Crippen molar-refractivity contribution in [2.75, 3.05) is 11.9 Å². The fourth-order valence-corrected chi connectivity index (χ4v) is 2.48. The van der Waals surface area contributed by atoms with Gasteiger partial charge < -0.3 is 10.1 Å². The zero-order valence-corrected chi connectivity index (χ0v) is 13.7. The summed E-state index contributed by atoms with van der Waals surface area (Å²) in [4.78, 5) is 23.6. The van der Waals surface area contributed by atoms with Gasteiger partial charge in [0.25, 0.3) is 5.91 Å². The van der Waals surface area contributed by atoms with E-state index in [-0.39, 0.29) is 12.1 Å². The minimum absolute atomic E-state index is 0.0310.